The monoisotopic (exact) mass is 236 g/mol. The summed E-state index contributed by atoms with van der Waals surface area (Å²) in [5.74, 6) is 0. The second-order valence-corrected chi connectivity index (χ2v) is 4.18. The number of aromatic nitrogens is 2. The third-order valence-corrected chi connectivity index (χ3v) is 2.93. The Bertz CT molecular complexity index is 732. The third kappa shape index (κ3) is 1.91. The first-order chi connectivity index (χ1) is 8.84. The molecule has 0 unspecified atom stereocenters. The molecule has 3 aromatic rings. The minimum Gasteiger partial charge on any atom is -0.309 e. The molecule has 0 fully saturated rings. The number of pyridine rings is 2. The van der Waals surface area contributed by atoms with Crippen molar-refractivity contribution in [2.24, 2.45) is 0 Å². The number of rotatable bonds is 2. The van der Waals surface area contributed by atoms with Crippen molar-refractivity contribution in [2.75, 3.05) is 0 Å². The van der Waals surface area contributed by atoms with Crippen LogP contribution in [0, 0.1) is 0 Å². The van der Waals surface area contributed by atoms with Gasteiger partial charge in [-0.3, -0.25) is 9.78 Å². The van der Waals surface area contributed by atoms with E-state index in [0.29, 0.717) is 12.1 Å². The summed E-state index contributed by atoms with van der Waals surface area (Å²) >= 11 is 0. The van der Waals surface area contributed by atoms with E-state index < -0.39 is 0 Å². The smallest absolute Gasteiger partial charge is 0.277 e. The van der Waals surface area contributed by atoms with E-state index in [2.05, 4.69) is 4.98 Å². The first-order valence-corrected chi connectivity index (χ1v) is 5.83. The van der Waals surface area contributed by atoms with Gasteiger partial charge in [-0.2, -0.15) is 0 Å². The van der Waals surface area contributed by atoms with Crippen molar-refractivity contribution in [1.82, 2.24) is 9.55 Å². The predicted octanol–water partition coefficient (Wildman–Crippen LogP) is 2.44. The lowest BCUT2D eigenvalue weighted by atomic mass is 10.2. The van der Waals surface area contributed by atoms with E-state index in [9.17, 15) is 4.79 Å². The highest BCUT2D eigenvalue weighted by Crippen LogP contribution is 2.06. The van der Waals surface area contributed by atoms with Crippen molar-refractivity contribution in [3.8, 4) is 0 Å². The standard InChI is InChI=1S/C15H12N2O/c18-15-14-13(7-4-9-16-14)8-10-17(15)11-12-5-2-1-3-6-12/h1-10H,11H2. The maximum absolute atomic E-state index is 12.2. The second kappa shape index (κ2) is 4.45. The molecular weight excluding hydrogens is 224 g/mol. The molecule has 0 aliphatic rings. The number of benzene rings is 1. The van der Waals surface area contributed by atoms with E-state index in [4.69, 9.17) is 0 Å². The summed E-state index contributed by atoms with van der Waals surface area (Å²) in [6.45, 7) is 0.576. The fraction of sp³-hybridized carbons (Fsp3) is 0.0667. The average molecular weight is 236 g/mol. The van der Waals surface area contributed by atoms with Crippen molar-refractivity contribution < 1.29 is 0 Å². The van der Waals surface area contributed by atoms with Crippen LogP contribution in [0.15, 0.2) is 65.7 Å². The van der Waals surface area contributed by atoms with Gasteiger partial charge in [0.2, 0.25) is 0 Å². The molecule has 0 bridgehead atoms. The first-order valence-electron chi connectivity index (χ1n) is 5.83. The van der Waals surface area contributed by atoms with Crippen LogP contribution in [0.5, 0.6) is 0 Å². The van der Waals surface area contributed by atoms with Gasteiger partial charge in [0.15, 0.2) is 0 Å². The highest BCUT2D eigenvalue weighted by atomic mass is 16.1. The first kappa shape index (κ1) is 10.7. The van der Waals surface area contributed by atoms with E-state index in [0.717, 1.165) is 10.9 Å². The largest absolute Gasteiger partial charge is 0.309 e. The Morgan fingerprint density at radius 1 is 1.00 bits per heavy atom. The van der Waals surface area contributed by atoms with Crippen LogP contribution in [0.2, 0.25) is 0 Å². The summed E-state index contributed by atoms with van der Waals surface area (Å²) in [6, 6.07) is 15.6. The average Bonchev–Trinajstić information content (AvgIpc) is 2.43. The third-order valence-electron chi connectivity index (χ3n) is 2.93. The maximum atomic E-state index is 12.2. The zero-order valence-corrected chi connectivity index (χ0v) is 9.78. The summed E-state index contributed by atoms with van der Waals surface area (Å²) in [4.78, 5) is 16.4. The van der Waals surface area contributed by atoms with E-state index >= 15 is 0 Å². The molecule has 3 nitrogen and oxygen atoms in total. The molecule has 0 atom stereocenters. The fourth-order valence-corrected chi connectivity index (χ4v) is 2.01. The van der Waals surface area contributed by atoms with E-state index in [1.807, 2.05) is 54.7 Å². The van der Waals surface area contributed by atoms with Crippen molar-refractivity contribution in [1.29, 1.82) is 0 Å². The van der Waals surface area contributed by atoms with Gasteiger partial charge in [0, 0.05) is 17.8 Å². The lowest BCUT2D eigenvalue weighted by Gasteiger charge is -2.06. The van der Waals surface area contributed by atoms with Gasteiger partial charge in [-0.1, -0.05) is 36.4 Å². The lowest BCUT2D eigenvalue weighted by molar-refractivity contribution is 0.766. The van der Waals surface area contributed by atoms with Gasteiger partial charge in [-0.05, 0) is 17.7 Å². The van der Waals surface area contributed by atoms with Crippen LogP contribution in [0.4, 0.5) is 0 Å². The van der Waals surface area contributed by atoms with Crippen molar-refractivity contribution in [2.45, 2.75) is 6.54 Å². The Morgan fingerprint density at radius 3 is 2.67 bits per heavy atom. The van der Waals surface area contributed by atoms with E-state index in [1.54, 1.807) is 10.8 Å². The minimum atomic E-state index is -0.0445. The van der Waals surface area contributed by atoms with Gasteiger partial charge in [-0.15, -0.1) is 0 Å². The molecule has 2 aromatic heterocycles. The number of nitrogens with zero attached hydrogens (tertiary/aromatic N) is 2. The van der Waals surface area contributed by atoms with Crippen LogP contribution in [0.1, 0.15) is 5.56 Å². The molecule has 3 rings (SSSR count). The van der Waals surface area contributed by atoms with Crippen LogP contribution in [0.3, 0.4) is 0 Å². The highest BCUT2D eigenvalue weighted by molar-refractivity contribution is 5.76. The molecule has 0 saturated heterocycles. The molecule has 0 aliphatic heterocycles. The summed E-state index contributed by atoms with van der Waals surface area (Å²) in [6.07, 6.45) is 3.47. The molecule has 0 saturated carbocycles. The van der Waals surface area contributed by atoms with Gasteiger partial charge in [0.1, 0.15) is 5.52 Å². The van der Waals surface area contributed by atoms with Gasteiger partial charge in [0.05, 0.1) is 6.54 Å². The highest BCUT2D eigenvalue weighted by Gasteiger charge is 2.03. The van der Waals surface area contributed by atoms with Gasteiger partial charge >= 0.3 is 0 Å². The molecule has 0 aliphatic carbocycles. The number of fused-ring (bicyclic) bond motifs is 1. The molecule has 88 valence electrons. The molecule has 2 heterocycles. The molecule has 0 radical (unpaired) electrons. The number of hydrogen-bond acceptors (Lipinski definition) is 2. The second-order valence-electron chi connectivity index (χ2n) is 4.18. The molecule has 0 amide bonds. The topological polar surface area (TPSA) is 34.9 Å². The van der Waals surface area contributed by atoms with Gasteiger partial charge in [-0.25, -0.2) is 0 Å². The molecule has 0 N–H and O–H groups in total. The van der Waals surface area contributed by atoms with Crippen molar-refractivity contribution in [3.63, 3.8) is 0 Å². The van der Waals surface area contributed by atoms with Crippen LogP contribution in [-0.2, 0) is 6.54 Å². The Morgan fingerprint density at radius 2 is 1.83 bits per heavy atom. The quantitative estimate of drug-likeness (QED) is 0.685. The van der Waals surface area contributed by atoms with Gasteiger partial charge < -0.3 is 4.57 Å². The molecule has 0 spiro atoms. The Balaban J connectivity index is 2.08. The summed E-state index contributed by atoms with van der Waals surface area (Å²) < 4.78 is 1.69. The fourth-order valence-electron chi connectivity index (χ4n) is 2.01. The van der Waals surface area contributed by atoms with E-state index in [-0.39, 0.29) is 5.56 Å². The summed E-state index contributed by atoms with van der Waals surface area (Å²) in [7, 11) is 0. The van der Waals surface area contributed by atoms with Crippen LogP contribution < -0.4 is 5.56 Å². The number of hydrogen-bond donors (Lipinski definition) is 0. The van der Waals surface area contributed by atoms with E-state index in [1.165, 1.54) is 0 Å². The van der Waals surface area contributed by atoms with Crippen LogP contribution >= 0.6 is 0 Å². The van der Waals surface area contributed by atoms with Crippen molar-refractivity contribution in [3.05, 3.63) is 76.8 Å². The predicted molar refractivity (Wildman–Crippen MR) is 71.5 cm³/mol. The van der Waals surface area contributed by atoms with Gasteiger partial charge in [0.25, 0.3) is 5.56 Å². The Hall–Kier alpha value is -2.42. The Kier molecular flexibility index (Phi) is 2.65. The van der Waals surface area contributed by atoms with Crippen LogP contribution in [0.25, 0.3) is 10.9 Å². The van der Waals surface area contributed by atoms with Crippen molar-refractivity contribution >= 4 is 10.9 Å². The minimum absolute atomic E-state index is 0.0445. The maximum Gasteiger partial charge on any atom is 0.277 e. The molecule has 1 aromatic carbocycles. The summed E-state index contributed by atoms with van der Waals surface area (Å²) in [5, 5.41) is 0.881. The zero-order valence-electron chi connectivity index (χ0n) is 9.78. The molecular formula is C15H12N2O. The molecule has 18 heavy (non-hydrogen) atoms. The molecule has 3 heteroatoms. The SMILES string of the molecule is O=c1c2ncccc2ccn1Cc1ccccc1. The normalized spacial score (nSPS) is 10.7. The zero-order chi connectivity index (χ0) is 12.4. The Labute approximate surface area is 104 Å². The lowest BCUT2D eigenvalue weighted by Crippen LogP contribution is -2.20. The van der Waals surface area contributed by atoms with Crippen LogP contribution in [-0.4, -0.2) is 9.55 Å². The summed E-state index contributed by atoms with van der Waals surface area (Å²) in [5.41, 5.74) is 1.59.